The van der Waals surface area contributed by atoms with Gasteiger partial charge in [0.25, 0.3) is 5.89 Å². The first-order chi connectivity index (χ1) is 7.81. The Morgan fingerprint density at radius 3 is 3.19 bits per heavy atom. The van der Waals surface area contributed by atoms with Crippen LogP contribution in [0.4, 0.5) is 0 Å². The zero-order valence-corrected chi connectivity index (χ0v) is 8.86. The van der Waals surface area contributed by atoms with Gasteiger partial charge in [-0.05, 0) is 6.54 Å². The van der Waals surface area contributed by atoms with Gasteiger partial charge in [0.1, 0.15) is 5.56 Å². The molecule has 0 atom stereocenters. The molecule has 2 heterocycles. The molecule has 6 nitrogen and oxygen atoms in total. The van der Waals surface area contributed by atoms with Crippen LogP contribution >= 0.6 is 0 Å². The van der Waals surface area contributed by atoms with Crippen LogP contribution in [0.2, 0.25) is 0 Å². The largest absolute Gasteiger partial charge is 0.367 e. The number of aromatic nitrogens is 3. The van der Waals surface area contributed by atoms with Crippen molar-refractivity contribution in [2.24, 2.45) is 0 Å². The molecule has 2 N–H and O–H groups in total. The van der Waals surface area contributed by atoms with Crippen molar-refractivity contribution >= 4 is 0 Å². The predicted molar refractivity (Wildman–Crippen MR) is 57.7 cm³/mol. The van der Waals surface area contributed by atoms with Gasteiger partial charge >= 0.3 is 0 Å². The van der Waals surface area contributed by atoms with Crippen LogP contribution < -0.4 is 10.7 Å². The molecule has 0 amide bonds. The summed E-state index contributed by atoms with van der Waals surface area (Å²) in [6, 6.07) is 1.42. The average Bonchev–Trinajstić information content (AvgIpc) is 2.75. The predicted octanol–water partition coefficient (Wildman–Crippen LogP) is 0.534. The lowest BCUT2D eigenvalue weighted by Gasteiger charge is -1.92. The van der Waals surface area contributed by atoms with Gasteiger partial charge in [0.2, 0.25) is 0 Å². The molecule has 0 spiro atoms. The second-order valence-electron chi connectivity index (χ2n) is 3.22. The summed E-state index contributed by atoms with van der Waals surface area (Å²) in [7, 11) is 0. The van der Waals surface area contributed by atoms with Crippen molar-refractivity contribution in [2.75, 3.05) is 6.54 Å². The summed E-state index contributed by atoms with van der Waals surface area (Å²) < 4.78 is 5.01. The molecule has 0 aliphatic rings. The highest BCUT2D eigenvalue weighted by atomic mass is 16.5. The Morgan fingerprint density at radius 2 is 2.44 bits per heavy atom. The third-order valence-electron chi connectivity index (χ3n) is 2.06. The summed E-state index contributed by atoms with van der Waals surface area (Å²) in [5, 5.41) is 6.84. The fourth-order valence-corrected chi connectivity index (χ4v) is 1.26. The Balaban J connectivity index is 2.25. The minimum absolute atomic E-state index is 0.141. The second-order valence-corrected chi connectivity index (χ2v) is 3.22. The van der Waals surface area contributed by atoms with Gasteiger partial charge in [-0.15, -0.1) is 0 Å². The van der Waals surface area contributed by atoms with Crippen molar-refractivity contribution in [2.45, 2.75) is 13.5 Å². The maximum atomic E-state index is 11.5. The first-order valence-corrected chi connectivity index (χ1v) is 5.02. The number of nitrogens with one attached hydrogen (secondary N) is 2. The highest BCUT2D eigenvalue weighted by Crippen LogP contribution is 2.10. The van der Waals surface area contributed by atoms with E-state index in [1.165, 1.54) is 6.07 Å². The molecule has 0 bridgehead atoms. The smallest absolute Gasteiger partial charge is 0.263 e. The molecule has 0 unspecified atom stereocenters. The first kappa shape index (κ1) is 10.6. The van der Waals surface area contributed by atoms with Crippen LogP contribution in [0.3, 0.4) is 0 Å². The normalized spacial score (nSPS) is 10.6. The molecular formula is C10H12N4O2. The molecule has 0 saturated carbocycles. The van der Waals surface area contributed by atoms with Crippen LogP contribution in [-0.2, 0) is 6.54 Å². The molecule has 2 aromatic rings. The molecule has 0 aliphatic heterocycles. The lowest BCUT2D eigenvalue weighted by atomic mass is 10.3. The summed E-state index contributed by atoms with van der Waals surface area (Å²) in [4.78, 5) is 18.4. The molecule has 0 saturated heterocycles. The van der Waals surface area contributed by atoms with E-state index in [4.69, 9.17) is 4.52 Å². The van der Waals surface area contributed by atoms with E-state index in [0.29, 0.717) is 17.9 Å². The Hall–Kier alpha value is -1.95. The maximum Gasteiger partial charge on any atom is 0.263 e. The number of hydrogen-bond acceptors (Lipinski definition) is 5. The van der Waals surface area contributed by atoms with Crippen molar-refractivity contribution in [3.63, 3.8) is 0 Å². The van der Waals surface area contributed by atoms with Gasteiger partial charge < -0.3 is 14.8 Å². The Kier molecular flexibility index (Phi) is 3.11. The van der Waals surface area contributed by atoms with Crippen LogP contribution in [0.25, 0.3) is 11.5 Å². The molecule has 2 rings (SSSR count). The van der Waals surface area contributed by atoms with Crippen LogP contribution in [0.15, 0.2) is 27.8 Å². The van der Waals surface area contributed by atoms with Crippen molar-refractivity contribution < 1.29 is 4.52 Å². The van der Waals surface area contributed by atoms with E-state index in [1.807, 2.05) is 6.92 Å². The number of H-pyrrole nitrogens is 1. The van der Waals surface area contributed by atoms with Crippen LogP contribution in [0.5, 0.6) is 0 Å². The average molecular weight is 220 g/mol. The lowest BCUT2D eigenvalue weighted by Crippen LogP contribution is -2.12. The highest BCUT2D eigenvalue weighted by Gasteiger charge is 2.10. The van der Waals surface area contributed by atoms with Gasteiger partial charge in [-0.3, -0.25) is 4.79 Å². The maximum absolute atomic E-state index is 11.5. The van der Waals surface area contributed by atoms with E-state index in [2.05, 4.69) is 20.4 Å². The number of aromatic amines is 1. The topological polar surface area (TPSA) is 83.8 Å². The highest BCUT2D eigenvalue weighted by molar-refractivity contribution is 5.50. The van der Waals surface area contributed by atoms with Crippen molar-refractivity contribution in [3.05, 3.63) is 34.5 Å². The SMILES string of the molecule is CCNCc1noc(-c2c[nH]ccc2=O)n1. The van der Waals surface area contributed by atoms with E-state index in [-0.39, 0.29) is 11.3 Å². The van der Waals surface area contributed by atoms with E-state index in [1.54, 1.807) is 12.4 Å². The van der Waals surface area contributed by atoms with Gasteiger partial charge in [-0.2, -0.15) is 4.98 Å². The Morgan fingerprint density at radius 1 is 1.56 bits per heavy atom. The number of pyridine rings is 1. The minimum Gasteiger partial charge on any atom is -0.367 e. The van der Waals surface area contributed by atoms with Gasteiger partial charge in [0.15, 0.2) is 11.3 Å². The van der Waals surface area contributed by atoms with Crippen LogP contribution in [0, 0.1) is 0 Å². The number of hydrogen-bond donors (Lipinski definition) is 2. The summed E-state index contributed by atoms with van der Waals surface area (Å²) >= 11 is 0. The fraction of sp³-hybridized carbons (Fsp3) is 0.300. The zero-order chi connectivity index (χ0) is 11.4. The van der Waals surface area contributed by atoms with Crippen molar-refractivity contribution in [1.29, 1.82) is 0 Å². The summed E-state index contributed by atoms with van der Waals surface area (Å²) in [6.45, 7) is 3.35. The van der Waals surface area contributed by atoms with E-state index in [9.17, 15) is 4.79 Å². The quantitative estimate of drug-likeness (QED) is 0.785. The van der Waals surface area contributed by atoms with Gasteiger partial charge in [0.05, 0.1) is 6.54 Å². The van der Waals surface area contributed by atoms with Gasteiger partial charge in [-0.1, -0.05) is 12.1 Å². The van der Waals surface area contributed by atoms with Gasteiger partial charge in [-0.25, -0.2) is 0 Å². The number of rotatable bonds is 4. The van der Waals surface area contributed by atoms with Crippen LogP contribution in [-0.4, -0.2) is 21.7 Å². The number of nitrogens with zero attached hydrogens (tertiary/aromatic N) is 2. The fourth-order valence-electron chi connectivity index (χ4n) is 1.26. The molecule has 0 aliphatic carbocycles. The molecule has 2 aromatic heterocycles. The third kappa shape index (κ3) is 2.17. The Bertz CT molecular complexity index is 517. The monoisotopic (exact) mass is 220 g/mol. The molecule has 6 heteroatoms. The van der Waals surface area contributed by atoms with E-state index in [0.717, 1.165) is 6.54 Å². The van der Waals surface area contributed by atoms with Crippen molar-refractivity contribution in [1.82, 2.24) is 20.4 Å². The molecule has 0 radical (unpaired) electrons. The van der Waals surface area contributed by atoms with Crippen LogP contribution in [0.1, 0.15) is 12.7 Å². The van der Waals surface area contributed by atoms with Crippen molar-refractivity contribution in [3.8, 4) is 11.5 Å². The molecule has 84 valence electrons. The second kappa shape index (κ2) is 4.71. The standard InChI is InChI=1S/C10H12N4O2/c1-2-11-6-9-13-10(16-14-9)7-5-12-4-3-8(7)15/h3-5,11H,2,6H2,1H3,(H,12,15). The minimum atomic E-state index is -0.141. The zero-order valence-electron chi connectivity index (χ0n) is 8.86. The molecule has 0 aromatic carbocycles. The third-order valence-corrected chi connectivity index (χ3v) is 2.06. The molecular weight excluding hydrogens is 208 g/mol. The first-order valence-electron chi connectivity index (χ1n) is 5.02. The Labute approximate surface area is 91.7 Å². The lowest BCUT2D eigenvalue weighted by molar-refractivity contribution is 0.419. The summed E-state index contributed by atoms with van der Waals surface area (Å²) in [5.41, 5.74) is 0.246. The van der Waals surface area contributed by atoms with E-state index < -0.39 is 0 Å². The summed E-state index contributed by atoms with van der Waals surface area (Å²) in [6.07, 6.45) is 3.11. The van der Waals surface area contributed by atoms with Gasteiger partial charge in [0, 0.05) is 18.5 Å². The molecule has 16 heavy (non-hydrogen) atoms. The molecule has 0 fully saturated rings. The summed E-state index contributed by atoms with van der Waals surface area (Å²) in [5.74, 6) is 0.787. The van der Waals surface area contributed by atoms with E-state index >= 15 is 0 Å².